The molecule has 0 amide bonds. The number of carbonyl (C=O) groups is 2. The number of furan rings is 1. The van der Waals surface area contributed by atoms with Gasteiger partial charge in [-0.05, 0) is 13.0 Å². The molecule has 1 rings (SSSR count). The van der Waals surface area contributed by atoms with Crippen LogP contribution in [0, 0.1) is 5.92 Å². The van der Waals surface area contributed by atoms with E-state index in [4.69, 9.17) is 5.11 Å². The topological polar surface area (TPSA) is 67.5 Å². The van der Waals surface area contributed by atoms with Crippen LogP contribution in [0.15, 0.2) is 23.0 Å². The molecule has 0 aromatic carbocycles. The third kappa shape index (κ3) is 1.53. The molecular formula is C8H8O4. The lowest BCUT2D eigenvalue weighted by molar-refractivity contribution is -0.139. The van der Waals surface area contributed by atoms with Crippen LogP contribution in [0.1, 0.15) is 17.3 Å². The van der Waals surface area contributed by atoms with Gasteiger partial charge in [-0.25, -0.2) is 0 Å². The minimum absolute atomic E-state index is 0.296. The fourth-order valence-corrected chi connectivity index (χ4v) is 0.767. The molecule has 0 aliphatic carbocycles. The van der Waals surface area contributed by atoms with E-state index >= 15 is 0 Å². The Labute approximate surface area is 68.8 Å². The molecule has 0 radical (unpaired) electrons. The van der Waals surface area contributed by atoms with E-state index in [2.05, 4.69) is 4.42 Å². The molecule has 0 bridgehead atoms. The van der Waals surface area contributed by atoms with E-state index in [9.17, 15) is 9.59 Å². The summed E-state index contributed by atoms with van der Waals surface area (Å²) in [5.74, 6) is -2.57. The maximum absolute atomic E-state index is 11.2. The van der Waals surface area contributed by atoms with Crippen molar-refractivity contribution < 1.29 is 19.1 Å². The Morgan fingerprint density at radius 3 is 2.67 bits per heavy atom. The molecule has 12 heavy (non-hydrogen) atoms. The van der Waals surface area contributed by atoms with E-state index in [1.165, 1.54) is 25.5 Å². The number of Topliss-reactive ketones (excluding diaryl/α,β-unsaturated/α-hetero) is 1. The molecular weight excluding hydrogens is 160 g/mol. The average Bonchev–Trinajstić information content (AvgIpc) is 2.53. The summed E-state index contributed by atoms with van der Waals surface area (Å²) in [5.41, 5.74) is 0.296. The van der Waals surface area contributed by atoms with Crippen molar-refractivity contribution in [2.75, 3.05) is 0 Å². The fraction of sp³-hybridized carbons (Fsp3) is 0.250. The first kappa shape index (κ1) is 8.52. The predicted molar refractivity (Wildman–Crippen MR) is 39.8 cm³/mol. The van der Waals surface area contributed by atoms with Crippen LogP contribution in [0.2, 0.25) is 0 Å². The molecule has 64 valence electrons. The van der Waals surface area contributed by atoms with Crippen molar-refractivity contribution in [3.05, 3.63) is 24.2 Å². The Balaban J connectivity index is 2.79. The standard InChI is InChI=1S/C8H8O4/c1-5(8(10)11)7(9)6-2-3-12-4-6/h2-5H,1H3,(H,10,11). The number of hydrogen-bond acceptors (Lipinski definition) is 3. The van der Waals surface area contributed by atoms with E-state index < -0.39 is 17.7 Å². The lowest BCUT2D eigenvalue weighted by Crippen LogP contribution is -2.19. The normalized spacial score (nSPS) is 12.4. The van der Waals surface area contributed by atoms with Gasteiger partial charge in [-0.3, -0.25) is 9.59 Å². The Hall–Kier alpha value is -1.58. The Bertz CT molecular complexity index is 286. The summed E-state index contributed by atoms with van der Waals surface area (Å²) in [4.78, 5) is 21.6. The Kier molecular flexibility index (Phi) is 2.28. The highest BCUT2D eigenvalue weighted by Gasteiger charge is 2.22. The second-order valence-electron chi connectivity index (χ2n) is 2.44. The molecule has 4 nitrogen and oxygen atoms in total. The van der Waals surface area contributed by atoms with Crippen LogP contribution in [-0.4, -0.2) is 16.9 Å². The van der Waals surface area contributed by atoms with Gasteiger partial charge in [0.25, 0.3) is 0 Å². The smallest absolute Gasteiger partial charge is 0.314 e. The van der Waals surface area contributed by atoms with Crippen molar-refractivity contribution in [3.8, 4) is 0 Å². The van der Waals surface area contributed by atoms with Gasteiger partial charge in [0.1, 0.15) is 12.2 Å². The van der Waals surface area contributed by atoms with Gasteiger partial charge in [-0.15, -0.1) is 0 Å². The van der Waals surface area contributed by atoms with Crippen LogP contribution in [0.4, 0.5) is 0 Å². The van der Waals surface area contributed by atoms with E-state index in [0.29, 0.717) is 5.56 Å². The predicted octanol–water partition coefficient (Wildman–Crippen LogP) is 1.18. The molecule has 0 fully saturated rings. The van der Waals surface area contributed by atoms with Gasteiger partial charge < -0.3 is 9.52 Å². The summed E-state index contributed by atoms with van der Waals surface area (Å²) >= 11 is 0. The molecule has 1 unspecified atom stereocenters. The summed E-state index contributed by atoms with van der Waals surface area (Å²) in [6, 6.07) is 1.45. The summed E-state index contributed by atoms with van der Waals surface area (Å²) in [5, 5.41) is 8.50. The molecule has 4 heteroatoms. The lowest BCUT2D eigenvalue weighted by Gasteiger charge is -2.00. The zero-order valence-corrected chi connectivity index (χ0v) is 6.48. The number of carbonyl (C=O) groups excluding carboxylic acids is 1. The zero-order chi connectivity index (χ0) is 9.14. The second-order valence-corrected chi connectivity index (χ2v) is 2.44. The van der Waals surface area contributed by atoms with Crippen molar-refractivity contribution >= 4 is 11.8 Å². The third-order valence-electron chi connectivity index (χ3n) is 1.57. The molecule has 0 spiro atoms. The van der Waals surface area contributed by atoms with Crippen molar-refractivity contribution in [2.24, 2.45) is 5.92 Å². The van der Waals surface area contributed by atoms with Crippen molar-refractivity contribution in [2.45, 2.75) is 6.92 Å². The highest BCUT2D eigenvalue weighted by Crippen LogP contribution is 2.08. The van der Waals surface area contributed by atoms with Crippen LogP contribution in [0.5, 0.6) is 0 Å². The maximum Gasteiger partial charge on any atom is 0.314 e. The second kappa shape index (κ2) is 3.21. The molecule has 0 aliphatic rings. The zero-order valence-electron chi connectivity index (χ0n) is 6.48. The van der Waals surface area contributed by atoms with Crippen LogP contribution >= 0.6 is 0 Å². The van der Waals surface area contributed by atoms with Gasteiger partial charge in [0.2, 0.25) is 0 Å². The number of carboxylic acids is 1. The molecule has 1 N–H and O–H groups in total. The van der Waals surface area contributed by atoms with Crippen molar-refractivity contribution in [1.29, 1.82) is 0 Å². The van der Waals surface area contributed by atoms with E-state index in [1.807, 2.05) is 0 Å². The van der Waals surface area contributed by atoms with E-state index in [-0.39, 0.29) is 0 Å². The van der Waals surface area contributed by atoms with Crippen LogP contribution in [0.25, 0.3) is 0 Å². The van der Waals surface area contributed by atoms with Gasteiger partial charge in [0.15, 0.2) is 5.78 Å². The summed E-state index contributed by atoms with van der Waals surface area (Å²) in [7, 11) is 0. The van der Waals surface area contributed by atoms with Crippen LogP contribution in [-0.2, 0) is 4.79 Å². The monoisotopic (exact) mass is 168 g/mol. The number of hydrogen-bond donors (Lipinski definition) is 1. The lowest BCUT2D eigenvalue weighted by atomic mass is 10.0. The molecule has 0 saturated heterocycles. The molecule has 0 saturated carbocycles. The average molecular weight is 168 g/mol. The molecule has 1 atom stereocenters. The number of aliphatic carboxylic acids is 1. The summed E-state index contributed by atoms with van der Waals surface area (Å²) < 4.78 is 4.65. The highest BCUT2D eigenvalue weighted by atomic mass is 16.4. The Morgan fingerprint density at radius 1 is 1.58 bits per heavy atom. The van der Waals surface area contributed by atoms with Crippen molar-refractivity contribution in [1.82, 2.24) is 0 Å². The molecule has 1 aromatic heterocycles. The fourth-order valence-electron chi connectivity index (χ4n) is 0.767. The number of carboxylic acid groups (broad SMARTS) is 1. The summed E-state index contributed by atoms with van der Waals surface area (Å²) in [6.07, 6.45) is 2.57. The maximum atomic E-state index is 11.2. The Morgan fingerprint density at radius 2 is 2.25 bits per heavy atom. The van der Waals surface area contributed by atoms with E-state index in [1.54, 1.807) is 0 Å². The van der Waals surface area contributed by atoms with Gasteiger partial charge >= 0.3 is 5.97 Å². The van der Waals surface area contributed by atoms with Crippen LogP contribution < -0.4 is 0 Å². The molecule has 1 aromatic rings. The van der Waals surface area contributed by atoms with Crippen molar-refractivity contribution in [3.63, 3.8) is 0 Å². The van der Waals surface area contributed by atoms with Crippen LogP contribution in [0.3, 0.4) is 0 Å². The largest absolute Gasteiger partial charge is 0.481 e. The minimum Gasteiger partial charge on any atom is -0.481 e. The highest BCUT2D eigenvalue weighted by molar-refractivity contribution is 6.07. The third-order valence-corrected chi connectivity index (χ3v) is 1.57. The van der Waals surface area contributed by atoms with Gasteiger partial charge in [-0.2, -0.15) is 0 Å². The molecule has 1 heterocycles. The van der Waals surface area contributed by atoms with E-state index in [0.717, 1.165) is 0 Å². The van der Waals surface area contributed by atoms with Gasteiger partial charge in [-0.1, -0.05) is 0 Å². The number of rotatable bonds is 3. The minimum atomic E-state index is -1.12. The SMILES string of the molecule is CC(C(=O)O)C(=O)c1ccoc1. The number of ketones is 1. The van der Waals surface area contributed by atoms with Gasteiger partial charge in [0.05, 0.1) is 11.8 Å². The first-order chi connectivity index (χ1) is 5.63. The van der Waals surface area contributed by atoms with Gasteiger partial charge in [0, 0.05) is 0 Å². The summed E-state index contributed by atoms with van der Waals surface area (Å²) in [6.45, 7) is 1.34. The first-order valence-electron chi connectivity index (χ1n) is 3.42. The molecule has 0 aliphatic heterocycles. The quantitative estimate of drug-likeness (QED) is 0.543. The first-order valence-corrected chi connectivity index (χ1v) is 3.42.